The first-order valence-electron chi connectivity index (χ1n) is 8.09. The molecule has 1 aliphatic rings. The van der Waals surface area contributed by atoms with E-state index in [1.165, 1.54) is 0 Å². The molecule has 1 unspecified atom stereocenters. The molecule has 3 aromatic rings. The Kier molecular flexibility index (Phi) is 3.62. The van der Waals surface area contributed by atoms with Crippen LogP contribution in [0, 0.1) is 0 Å². The van der Waals surface area contributed by atoms with Crippen molar-refractivity contribution in [3.63, 3.8) is 0 Å². The lowest BCUT2D eigenvalue weighted by Crippen LogP contribution is -2.61. The minimum Gasteiger partial charge on any atom is -0.472 e. The smallest absolute Gasteiger partial charge is 0.244 e. The number of benzene rings is 3. The third kappa shape index (κ3) is 2.19. The SMILES string of the molecule is OC1c2ccccc2OC(c2ccccc2)(c2ccccc2)C1(O)O. The highest BCUT2D eigenvalue weighted by Gasteiger charge is 2.62. The third-order valence-corrected chi connectivity index (χ3v) is 4.74. The minimum atomic E-state index is -2.57. The van der Waals surface area contributed by atoms with E-state index in [1.54, 1.807) is 72.8 Å². The Labute approximate surface area is 145 Å². The van der Waals surface area contributed by atoms with Crippen LogP contribution in [0.5, 0.6) is 5.75 Å². The van der Waals surface area contributed by atoms with Crippen LogP contribution in [0.25, 0.3) is 0 Å². The van der Waals surface area contributed by atoms with Gasteiger partial charge in [0.25, 0.3) is 0 Å². The zero-order valence-corrected chi connectivity index (χ0v) is 13.4. The topological polar surface area (TPSA) is 69.9 Å². The molecule has 3 aromatic carbocycles. The summed E-state index contributed by atoms with van der Waals surface area (Å²) in [6.45, 7) is 0. The van der Waals surface area contributed by atoms with Gasteiger partial charge < -0.3 is 20.1 Å². The van der Waals surface area contributed by atoms with Gasteiger partial charge in [0, 0.05) is 16.7 Å². The molecule has 0 fully saturated rings. The van der Waals surface area contributed by atoms with Crippen molar-refractivity contribution in [3.8, 4) is 5.75 Å². The molecule has 4 rings (SSSR count). The zero-order chi connectivity index (χ0) is 17.5. The quantitative estimate of drug-likeness (QED) is 0.630. The van der Waals surface area contributed by atoms with E-state index in [1.807, 2.05) is 12.1 Å². The summed E-state index contributed by atoms with van der Waals surface area (Å²) in [5, 5.41) is 32.9. The van der Waals surface area contributed by atoms with Crippen LogP contribution in [0.4, 0.5) is 0 Å². The van der Waals surface area contributed by atoms with Crippen LogP contribution < -0.4 is 4.74 Å². The van der Waals surface area contributed by atoms with Crippen LogP contribution in [-0.4, -0.2) is 21.1 Å². The molecule has 4 heteroatoms. The maximum absolute atomic E-state index is 11.1. The summed E-state index contributed by atoms with van der Waals surface area (Å²) in [4.78, 5) is 0. The fourth-order valence-electron chi connectivity index (χ4n) is 3.50. The molecular weight excluding hydrogens is 316 g/mol. The lowest BCUT2D eigenvalue weighted by atomic mass is 9.73. The van der Waals surface area contributed by atoms with E-state index in [0.717, 1.165) is 0 Å². The molecule has 0 spiro atoms. The maximum atomic E-state index is 11.1. The molecule has 0 aliphatic carbocycles. The Hall–Kier alpha value is -2.66. The van der Waals surface area contributed by atoms with Crippen molar-refractivity contribution in [1.82, 2.24) is 0 Å². The Bertz CT molecular complexity index is 835. The molecule has 25 heavy (non-hydrogen) atoms. The van der Waals surface area contributed by atoms with E-state index in [2.05, 4.69) is 0 Å². The van der Waals surface area contributed by atoms with Gasteiger partial charge in [0.1, 0.15) is 11.9 Å². The molecule has 0 saturated heterocycles. The predicted molar refractivity (Wildman–Crippen MR) is 92.9 cm³/mol. The number of aliphatic hydroxyl groups excluding tert-OH is 1. The molecule has 0 radical (unpaired) electrons. The summed E-state index contributed by atoms with van der Waals surface area (Å²) in [6, 6.07) is 24.8. The summed E-state index contributed by atoms with van der Waals surface area (Å²) < 4.78 is 6.22. The highest BCUT2D eigenvalue weighted by atomic mass is 16.6. The molecule has 1 heterocycles. The van der Waals surface area contributed by atoms with E-state index in [0.29, 0.717) is 22.4 Å². The van der Waals surface area contributed by atoms with Crippen molar-refractivity contribution in [3.05, 3.63) is 102 Å². The highest BCUT2D eigenvalue weighted by molar-refractivity contribution is 5.48. The Balaban J connectivity index is 2.05. The normalized spacial score (nSPS) is 20.4. The van der Waals surface area contributed by atoms with E-state index >= 15 is 0 Å². The number of ether oxygens (including phenoxy) is 1. The molecule has 126 valence electrons. The predicted octanol–water partition coefficient (Wildman–Crippen LogP) is 2.74. The summed E-state index contributed by atoms with van der Waals surface area (Å²) in [6.07, 6.45) is -1.53. The van der Waals surface area contributed by atoms with Gasteiger partial charge in [0.2, 0.25) is 11.4 Å². The van der Waals surface area contributed by atoms with Gasteiger partial charge in [-0.3, -0.25) is 0 Å². The lowest BCUT2D eigenvalue weighted by Gasteiger charge is -2.50. The average molecular weight is 334 g/mol. The van der Waals surface area contributed by atoms with Gasteiger partial charge in [-0.25, -0.2) is 0 Å². The largest absolute Gasteiger partial charge is 0.472 e. The number of rotatable bonds is 2. The molecule has 0 amide bonds. The van der Waals surface area contributed by atoms with E-state index in [-0.39, 0.29) is 0 Å². The number of para-hydroxylation sites is 1. The second kappa shape index (κ2) is 5.70. The molecule has 4 nitrogen and oxygen atoms in total. The number of hydrogen-bond donors (Lipinski definition) is 3. The van der Waals surface area contributed by atoms with Crippen LogP contribution in [0.15, 0.2) is 84.9 Å². The maximum Gasteiger partial charge on any atom is 0.244 e. The van der Waals surface area contributed by atoms with Gasteiger partial charge >= 0.3 is 0 Å². The standard InChI is InChI=1S/C21H18O4/c22-19-17-13-7-8-14-18(17)25-20(21(19,23)24,15-9-3-1-4-10-15)16-11-5-2-6-12-16/h1-14,19,22-24H. The third-order valence-electron chi connectivity index (χ3n) is 4.74. The molecule has 3 N–H and O–H groups in total. The molecule has 0 aromatic heterocycles. The molecule has 0 saturated carbocycles. The summed E-state index contributed by atoms with van der Waals surface area (Å²) >= 11 is 0. The van der Waals surface area contributed by atoms with Crippen LogP contribution in [0.2, 0.25) is 0 Å². The molecular formula is C21H18O4. The highest BCUT2D eigenvalue weighted by Crippen LogP contribution is 2.53. The zero-order valence-electron chi connectivity index (χ0n) is 13.4. The van der Waals surface area contributed by atoms with Crippen LogP contribution in [0.3, 0.4) is 0 Å². The van der Waals surface area contributed by atoms with Gasteiger partial charge in [-0.1, -0.05) is 78.9 Å². The van der Waals surface area contributed by atoms with E-state index in [9.17, 15) is 15.3 Å². The van der Waals surface area contributed by atoms with Crippen molar-refractivity contribution in [2.45, 2.75) is 17.5 Å². The average Bonchev–Trinajstić information content (AvgIpc) is 2.66. The second-order valence-electron chi connectivity index (χ2n) is 6.18. The van der Waals surface area contributed by atoms with Crippen molar-refractivity contribution in [2.24, 2.45) is 0 Å². The summed E-state index contributed by atoms with van der Waals surface area (Å²) in [7, 11) is 0. The van der Waals surface area contributed by atoms with Crippen LogP contribution in [0.1, 0.15) is 22.8 Å². The van der Waals surface area contributed by atoms with Crippen LogP contribution >= 0.6 is 0 Å². The number of fused-ring (bicyclic) bond motifs is 1. The second-order valence-corrected chi connectivity index (χ2v) is 6.18. The summed E-state index contributed by atoms with van der Waals surface area (Å²) in [5.41, 5.74) is -0.238. The van der Waals surface area contributed by atoms with Crippen molar-refractivity contribution in [2.75, 3.05) is 0 Å². The molecule has 1 aliphatic heterocycles. The number of aliphatic hydroxyl groups is 3. The van der Waals surface area contributed by atoms with E-state index < -0.39 is 17.5 Å². The van der Waals surface area contributed by atoms with Crippen molar-refractivity contribution >= 4 is 0 Å². The van der Waals surface area contributed by atoms with Gasteiger partial charge in [-0.2, -0.15) is 0 Å². The first-order valence-corrected chi connectivity index (χ1v) is 8.09. The van der Waals surface area contributed by atoms with Gasteiger partial charge in [0.05, 0.1) is 0 Å². The van der Waals surface area contributed by atoms with Gasteiger partial charge in [-0.15, -0.1) is 0 Å². The lowest BCUT2D eigenvalue weighted by molar-refractivity contribution is -0.313. The Morgan fingerprint density at radius 2 is 1.16 bits per heavy atom. The van der Waals surface area contributed by atoms with Gasteiger partial charge in [-0.05, 0) is 6.07 Å². The van der Waals surface area contributed by atoms with Gasteiger partial charge in [0.15, 0.2) is 0 Å². The van der Waals surface area contributed by atoms with Crippen molar-refractivity contribution < 1.29 is 20.1 Å². The Morgan fingerprint density at radius 3 is 1.72 bits per heavy atom. The fourth-order valence-corrected chi connectivity index (χ4v) is 3.50. The number of hydrogen-bond acceptors (Lipinski definition) is 4. The van der Waals surface area contributed by atoms with Crippen molar-refractivity contribution in [1.29, 1.82) is 0 Å². The molecule has 1 atom stereocenters. The molecule has 0 bridgehead atoms. The Morgan fingerprint density at radius 1 is 0.680 bits per heavy atom. The first kappa shape index (κ1) is 15.8. The minimum absolute atomic E-state index is 0.343. The van der Waals surface area contributed by atoms with E-state index in [4.69, 9.17) is 4.74 Å². The van der Waals surface area contributed by atoms with Crippen LogP contribution in [-0.2, 0) is 5.60 Å². The first-order chi connectivity index (χ1) is 12.1. The summed E-state index contributed by atoms with van der Waals surface area (Å²) in [5.74, 6) is -2.15. The monoisotopic (exact) mass is 334 g/mol. The fraction of sp³-hybridized carbons (Fsp3) is 0.143.